The molecule has 0 radical (unpaired) electrons. The van der Waals surface area contributed by atoms with Gasteiger partial charge in [-0.3, -0.25) is 9.69 Å². The summed E-state index contributed by atoms with van der Waals surface area (Å²) in [6.45, 7) is 7.17. The Morgan fingerprint density at radius 2 is 1.90 bits per heavy atom. The summed E-state index contributed by atoms with van der Waals surface area (Å²) in [4.78, 5) is 12.9. The van der Waals surface area contributed by atoms with Gasteiger partial charge in [-0.15, -0.1) is 0 Å². The van der Waals surface area contributed by atoms with Gasteiger partial charge in [-0.05, 0) is 54.7 Å². The molecule has 0 aliphatic carbocycles. The highest BCUT2D eigenvalue weighted by molar-refractivity contribution is 6.30. The van der Waals surface area contributed by atoms with Gasteiger partial charge in [0, 0.05) is 44.3 Å². The number of carbonyl (C=O) groups excluding carboxylic acids is 1. The van der Waals surface area contributed by atoms with Crippen LogP contribution in [0.15, 0.2) is 48.5 Å². The van der Waals surface area contributed by atoms with Gasteiger partial charge in [-0.1, -0.05) is 41.9 Å². The summed E-state index contributed by atoms with van der Waals surface area (Å²) >= 11 is 6.00. The lowest BCUT2D eigenvalue weighted by molar-refractivity contribution is -0.109. The normalized spacial score (nSPS) is 18.6. The molecule has 2 N–H and O–H groups in total. The van der Waals surface area contributed by atoms with Gasteiger partial charge in [0.05, 0.1) is 12.2 Å². The minimum Gasteiger partial charge on any atom is -0.374 e. The Hall–Kier alpha value is -1.92. The van der Waals surface area contributed by atoms with Crippen molar-refractivity contribution >= 4 is 18.0 Å². The van der Waals surface area contributed by atoms with Crippen molar-refractivity contribution in [2.45, 2.75) is 38.5 Å². The Morgan fingerprint density at radius 3 is 2.63 bits per heavy atom. The molecular weight excluding hydrogens is 398 g/mol. The summed E-state index contributed by atoms with van der Waals surface area (Å²) in [6, 6.07) is 16.5. The number of rotatable bonds is 12. The predicted octanol–water partition coefficient (Wildman–Crippen LogP) is 3.71. The van der Waals surface area contributed by atoms with Crippen molar-refractivity contribution in [3.05, 3.63) is 59.1 Å². The molecule has 162 valence electrons. The third-order valence-electron chi connectivity index (χ3n) is 5.48. The average Bonchev–Trinajstić information content (AvgIpc) is 3.16. The molecule has 1 aliphatic rings. The average molecular weight is 430 g/mol. The molecule has 1 saturated heterocycles. The van der Waals surface area contributed by atoms with E-state index >= 15 is 0 Å². The van der Waals surface area contributed by atoms with Gasteiger partial charge in [-0.2, -0.15) is 0 Å². The van der Waals surface area contributed by atoms with E-state index in [2.05, 4.69) is 46.7 Å². The number of carbonyl (C=O) groups is 1. The maximum Gasteiger partial charge on any atom is 0.207 e. The summed E-state index contributed by atoms with van der Waals surface area (Å²) < 4.78 is 5.98. The topological polar surface area (TPSA) is 53.6 Å². The lowest BCUT2D eigenvalue weighted by Gasteiger charge is -2.25. The summed E-state index contributed by atoms with van der Waals surface area (Å²) in [5, 5.41) is 7.06. The molecule has 1 heterocycles. The van der Waals surface area contributed by atoms with E-state index in [1.807, 2.05) is 24.3 Å². The van der Waals surface area contributed by atoms with Gasteiger partial charge in [0.2, 0.25) is 6.41 Å². The fourth-order valence-electron chi connectivity index (χ4n) is 3.86. The molecule has 2 aromatic rings. The van der Waals surface area contributed by atoms with Gasteiger partial charge in [0.15, 0.2) is 0 Å². The smallest absolute Gasteiger partial charge is 0.207 e. The Labute approximate surface area is 184 Å². The highest BCUT2D eigenvalue weighted by Gasteiger charge is 2.23. The van der Waals surface area contributed by atoms with Gasteiger partial charge < -0.3 is 15.4 Å². The molecule has 1 amide bonds. The first-order valence-corrected chi connectivity index (χ1v) is 11.1. The highest BCUT2D eigenvalue weighted by Crippen LogP contribution is 2.22. The lowest BCUT2D eigenvalue weighted by atomic mass is 10.0. The van der Waals surface area contributed by atoms with E-state index in [0.717, 1.165) is 57.0 Å². The van der Waals surface area contributed by atoms with Crippen molar-refractivity contribution < 1.29 is 9.53 Å². The largest absolute Gasteiger partial charge is 0.374 e. The second-order valence-corrected chi connectivity index (χ2v) is 8.34. The fraction of sp³-hybridized carbons (Fsp3) is 0.458. The van der Waals surface area contributed by atoms with E-state index < -0.39 is 0 Å². The zero-order valence-corrected chi connectivity index (χ0v) is 18.4. The van der Waals surface area contributed by atoms with Gasteiger partial charge in [0.25, 0.3) is 0 Å². The SMILES string of the molecule is CC1CCC(CN(CCNC=O)CCNCc2cccc(-c3ccc(Cl)cc3)c2)O1. The summed E-state index contributed by atoms with van der Waals surface area (Å²) in [5.74, 6) is 0. The Morgan fingerprint density at radius 1 is 1.10 bits per heavy atom. The van der Waals surface area contributed by atoms with Crippen molar-refractivity contribution in [3.8, 4) is 11.1 Å². The minimum absolute atomic E-state index is 0.298. The van der Waals surface area contributed by atoms with E-state index in [0.29, 0.717) is 18.8 Å². The van der Waals surface area contributed by atoms with Crippen molar-refractivity contribution in [2.24, 2.45) is 0 Å². The molecule has 0 bridgehead atoms. The number of hydrogen-bond donors (Lipinski definition) is 2. The van der Waals surface area contributed by atoms with E-state index in [1.165, 1.54) is 16.7 Å². The molecule has 2 unspecified atom stereocenters. The molecule has 0 aromatic heterocycles. The van der Waals surface area contributed by atoms with Crippen LogP contribution in [0.2, 0.25) is 5.02 Å². The number of halogens is 1. The number of ether oxygens (including phenoxy) is 1. The van der Waals surface area contributed by atoms with E-state index in [1.54, 1.807) is 0 Å². The second-order valence-electron chi connectivity index (χ2n) is 7.90. The molecule has 2 aromatic carbocycles. The maximum atomic E-state index is 10.6. The lowest BCUT2D eigenvalue weighted by Crippen LogP contribution is -2.40. The first kappa shape index (κ1) is 22.8. The summed E-state index contributed by atoms with van der Waals surface area (Å²) in [5.41, 5.74) is 3.62. The summed E-state index contributed by atoms with van der Waals surface area (Å²) in [6.07, 6.45) is 3.66. The number of nitrogens with one attached hydrogen (secondary N) is 2. The van der Waals surface area contributed by atoms with E-state index in [4.69, 9.17) is 16.3 Å². The molecular formula is C24H32ClN3O2. The van der Waals surface area contributed by atoms with Crippen molar-refractivity contribution in [1.82, 2.24) is 15.5 Å². The second kappa shape index (κ2) is 12.1. The standard InChI is InChI=1S/C24H32ClN3O2/c1-19-5-10-24(30-19)17-28(14-12-27-18-29)13-11-26-16-20-3-2-4-22(15-20)21-6-8-23(25)9-7-21/h2-4,6-9,15,18-19,24,26H,5,10-14,16-17H2,1H3,(H,27,29). The first-order chi connectivity index (χ1) is 14.6. The number of benzene rings is 2. The molecule has 5 nitrogen and oxygen atoms in total. The van der Waals surface area contributed by atoms with E-state index in [-0.39, 0.29) is 0 Å². The van der Waals surface area contributed by atoms with Crippen LogP contribution in [-0.4, -0.2) is 56.2 Å². The van der Waals surface area contributed by atoms with E-state index in [9.17, 15) is 4.79 Å². The quantitative estimate of drug-likeness (QED) is 0.399. The maximum absolute atomic E-state index is 10.6. The van der Waals surface area contributed by atoms with Crippen LogP contribution < -0.4 is 10.6 Å². The van der Waals surface area contributed by atoms with Crippen LogP contribution in [0, 0.1) is 0 Å². The molecule has 1 aliphatic heterocycles. The van der Waals surface area contributed by atoms with Crippen LogP contribution in [0.3, 0.4) is 0 Å². The molecule has 3 rings (SSSR count). The number of hydrogen-bond acceptors (Lipinski definition) is 4. The van der Waals surface area contributed by atoms with Gasteiger partial charge >= 0.3 is 0 Å². The predicted molar refractivity (Wildman–Crippen MR) is 123 cm³/mol. The van der Waals surface area contributed by atoms with Crippen LogP contribution >= 0.6 is 11.6 Å². The Balaban J connectivity index is 1.47. The first-order valence-electron chi connectivity index (χ1n) is 10.7. The minimum atomic E-state index is 0.298. The third-order valence-corrected chi connectivity index (χ3v) is 5.73. The third kappa shape index (κ3) is 7.40. The van der Waals surface area contributed by atoms with Crippen molar-refractivity contribution in [3.63, 3.8) is 0 Å². The zero-order valence-electron chi connectivity index (χ0n) is 17.6. The van der Waals surface area contributed by atoms with Crippen molar-refractivity contribution in [2.75, 3.05) is 32.7 Å². The van der Waals surface area contributed by atoms with Crippen LogP contribution in [0.4, 0.5) is 0 Å². The highest BCUT2D eigenvalue weighted by atomic mass is 35.5. The molecule has 30 heavy (non-hydrogen) atoms. The molecule has 6 heteroatoms. The molecule has 2 atom stereocenters. The van der Waals surface area contributed by atoms with Crippen LogP contribution in [-0.2, 0) is 16.1 Å². The van der Waals surface area contributed by atoms with Crippen LogP contribution in [0.1, 0.15) is 25.3 Å². The van der Waals surface area contributed by atoms with Gasteiger partial charge in [-0.25, -0.2) is 0 Å². The fourth-order valence-corrected chi connectivity index (χ4v) is 3.98. The van der Waals surface area contributed by atoms with Gasteiger partial charge in [0.1, 0.15) is 0 Å². The monoisotopic (exact) mass is 429 g/mol. The Kier molecular flexibility index (Phi) is 9.15. The van der Waals surface area contributed by atoms with Crippen LogP contribution in [0.5, 0.6) is 0 Å². The Bertz CT molecular complexity index is 784. The molecule has 0 spiro atoms. The summed E-state index contributed by atoms with van der Waals surface area (Å²) in [7, 11) is 0. The zero-order chi connectivity index (χ0) is 21.2. The molecule has 1 fully saturated rings. The van der Waals surface area contributed by atoms with Crippen LogP contribution in [0.25, 0.3) is 11.1 Å². The number of nitrogens with zero attached hydrogens (tertiary/aromatic N) is 1. The van der Waals surface area contributed by atoms with Crippen molar-refractivity contribution in [1.29, 1.82) is 0 Å². The number of amides is 1. The molecule has 0 saturated carbocycles.